The maximum atomic E-state index is 12.8. The Labute approximate surface area is 193 Å². The highest BCUT2D eigenvalue weighted by molar-refractivity contribution is 6.05. The molecule has 7 nitrogen and oxygen atoms in total. The summed E-state index contributed by atoms with van der Waals surface area (Å²) in [4.78, 5) is 27.9. The van der Waals surface area contributed by atoms with Crippen LogP contribution in [0.25, 0.3) is 11.0 Å². The summed E-state index contributed by atoms with van der Waals surface area (Å²) in [5, 5.41) is 3.51. The van der Waals surface area contributed by atoms with E-state index in [4.69, 9.17) is 13.9 Å². The van der Waals surface area contributed by atoms with Gasteiger partial charge >= 0.3 is 5.63 Å². The summed E-state index contributed by atoms with van der Waals surface area (Å²) >= 11 is 0. The number of nitrogens with one attached hydrogen (secondary N) is 1. The second kappa shape index (κ2) is 10.6. The van der Waals surface area contributed by atoms with E-state index in [1.807, 2.05) is 43.3 Å². The maximum absolute atomic E-state index is 12.8. The van der Waals surface area contributed by atoms with Crippen molar-refractivity contribution in [2.24, 2.45) is 0 Å². The van der Waals surface area contributed by atoms with Crippen LogP contribution in [-0.2, 0) is 17.7 Å². The van der Waals surface area contributed by atoms with Crippen LogP contribution < -0.4 is 15.7 Å². The van der Waals surface area contributed by atoms with Crippen molar-refractivity contribution in [2.45, 2.75) is 33.2 Å². The van der Waals surface area contributed by atoms with Crippen molar-refractivity contribution < 1.29 is 18.7 Å². The van der Waals surface area contributed by atoms with Crippen molar-refractivity contribution in [3.05, 3.63) is 69.6 Å². The first kappa shape index (κ1) is 23.0. The SMILES string of the molecule is CCCc1c(OCC)ccc2cc(C(=O)Nc3ccc(CN4CCOCC4)cc3)c(=O)oc12. The third kappa shape index (κ3) is 5.43. The first-order valence-electron chi connectivity index (χ1n) is 11.5. The van der Waals surface area contributed by atoms with Gasteiger partial charge < -0.3 is 19.2 Å². The summed E-state index contributed by atoms with van der Waals surface area (Å²) in [6, 6.07) is 13.0. The number of hydrogen-bond donors (Lipinski definition) is 1. The number of anilines is 1. The number of hydrogen-bond acceptors (Lipinski definition) is 6. The lowest BCUT2D eigenvalue weighted by atomic mass is 10.0. The van der Waals surface area contributed by atoms with Crippen molar-refractivity contribution in [1.82, 2.24) is 4.90 Å². The zero-order valence-corrected chi connectivity index (χ0v) is 19.2. The van der Waals surface area contributed by atoms with Gasteiger partial charge in [-0.25, -0.2) is 4.79 Å². The van der Waals surface area contributed by atoms with E-state index in [1.165, 1.54) is 0 Å². The summed E-state index contributed by atoms with van der Waals surface area (Å²) in [5.41, 5.74) is 2.45. The molecule has 1 aliphatic rings. The van der Waals surface area contributed by atoms with E-state index in [-0.39, 0.29) is 5.56 Å². The minimum absolute atomic E-state index is 0.0218. The fourth-order valence-corrected chi connectivity index (χ4v) is 4.07. The molecule has 1 saturated heterocycles. The van der Waals surface area contributed by atoms with E-state index >= 15 is 0 Å². The number of rotatable bonds is 8. The highest BCUT2D eigenvalue weighted by atomic mass is 16.5. The minimum atomic E-state index is -0.657. The van der Waals surface area contributed by atoms with Gasteiger partial charge in [-0.2, -0.15) is 0 Å². The topological polar surface area (TPSA) is 81.0 Å². The van der Waals surface area contributed by atoms with Crippen LogP contribution in [0.1, 0.15) is 41.8 Å². The van der Waals surface area contributed by atoms with Gasteiger partial charge in [-0.05, 0) is 49.2 Å². The van der Waals surface area contributed by atoms with Gasteiger partial charge in [-0.15, -0.1) is 0 Å². The number of morpholine rings is 1. The summed E-state index contributed by atoms with van der Waals surface area (Å²) in [7, 11) is 0. The molecule has 2 aromatic carbocycles. The lowest BCUT2D eigenvalue weighted by Crippen LogP contribution is -2.35. The van der Waals surface area contributed by atoms with E-state index < -0.39 is 11.5 Å². The van der Waals surface area contributed by atoms with Crippen molar-refractivity contribution in [3.8, 4) is 5.75 Å². The molecule has 2 heterocycles. The van der Waals surface area contributed by atoms with Crippen LogP contribution in [0.2, 0.25) is 0 Å². The lowest BCUT2D eigenvalue weighted by Gasteiger charge is -2.26. The molecule has 4 rings (SSSR count). The van der Waals surface area contributed by atoms with Crippen molar-refractivity contribution >= 4 is 22.6 Å². The largest absolute Gasteiger partial charge is 0.493 e. The maximum Gasteiger partial charge on any atom is 0.349 e. The Morgan fingerprint density at radius 3 is 2.55 bits per heavy atom. The molecular weight excluding hydrogens is 420 g/mol. The molecule has 0 unspecified atom stereocenters. The second-order valence-electron chi connectivity index (χ2n) is 8.13. The highest BCUT2D eigenvalue weighted by Gasteiger charge is 2.18. The predicted molar refractivity (Wildman–Crippen MR) is 128 cm³/mol. The quantitative estimate of drug-likeness (QED) is 0.518. The molecule has 174 valence electrons. The van der Waals surface area contributed by atoms with Gasteiger partial charge in [0.1, 0.15) is 16.9 Å². The third-order valence-electron chi connectivity index (χ3n) is 5.73. The Hall–Kier alpha value is -3.16. The number of carbonyl (C=O) groups is 1. The van der Waals surface area contributed by atoms with E-state index in [0.29, 0.717) is 29.0 Å². The zero-order valence-electron chi connectivity index (χ0n) is 19.2. The average Bonchev–Trinajstić information content (AvgIpc) is 2.82. The standard InChI is InChI=1S/C26H30N2O5/c1-3-5-21-23(32-4-2)11-8-19-16-22(26(30)33-24(19)21)25(29)27-20-9-6-18(7-10-20)17-28-12-14-31-15-13-28/h6-11,16H,3-5,12-15,17H2,1-2H3,(H,27,29). The van der Waals surface area contributed by atoms with Gasteiger partial charge in [0.2, 0.25) is 0 Å². The minimum Gasteiger partial charge on any atom is -0.493 e. The van der Waals surface area contributed by atoms with Crippen LogP contribution in [0.4, 0.5) is 5.69 Å². The van der Waals surface area contributed by atoms with Crippen molar-refractivity contribution in [3.63, 3.8) is 0 Å². The number of amides is 1. The Balaban J connectivity index is 1.52. The molecular formula is C26H30N2O5. The van der Waals surface area contributed by atoms with E-state index in [2.05, 4.69) is 17.1 Å². The van der Waals surface area contributed by atoms with Gasteiger partial charge in [0.05, 0.1) is 19.8 Å². The average molecular weight is 451 g/mol. The van der Waals surface area contributed by atoms with Gasteiger partial charge in [0.15, 0.2) is 0 Å². The van der Waals surface area contributed by atoms with Gasteiger partial charge in [-0.3, -0.25) is 9.69 Å². The molecule has 33 heavy (non-hydrogen) atoms. The summed E-state index contributed by atoms with van der Waals surface area (Å²) < 4.78 is 16.7. The van der Waals surface area contributed by atoms with Gasteiger partial charge in [-0.1, -0.05) is 25.5 Å². The van der Waals surface area contributed by atoms with Crippen LogP contribution >= 0.6 is 0 Å². The lowest BCUT2D eigenvalue weighted by molar-refractivity contribution is 0.0342. The number of ether oxygens (including phenoxy) is 2. The summed E-state index contributed by atoms with van der Waals surface area (Å²) in [6.07, 6.45) is 1.60. The molecule has 0 saturated carbocycles. The smallest absolute Gasteiger partial charge is 0.349 e. The fraction of sp³-hybridized carbons (Fsp3) is 0.385. The Bertz CT molecular complexity index is 1160. The van der Waals surface area contributed by atoms with Crippen molar-refractivity contribution in [2.75, 3.05) is 38.2 Å². The normalized spacial score (nSPS) is 14.4. The molecule has 0 radical (unpaired) electrons. The number of benzene rings is 2. The van der Waals surface area contributed by atoms with Crippen LogP contribution in [0.3, 0.4) is 0 Å². The molecule has 0 bridgehead atoms. The molecule has 7 heteroatoms. The molecule has 3 aromatic rings. The zero-order chi connectivity index (χ0) is 23.2. The highest BCUT2D eigenvalue weighted by Crippen LogP contribution is 2.29. The van der Waals surface area contributed by atoms with Crippen LogP contribution in [0, 0.1) is 0 Å². The molecule has 1 amide bonds. The molecule has 1 aromatic heterocycles. The van der Waals surface area contributed by atoms with Gasteiger partial charge in [0, 0.05) is 36.3 Å². The Morgan fingerprint density at radius 2 is 1.85 bits per heavy atom. The Morgan fingerprint density at radius 1 is 1.09 bits per heavy atom. The molecule has 0 aliphatic carbocycles. The Kier molecular flexibility index (Phi) is 7.42. The molecule has 1 fully saturated rings. The van der Waals surface area contributed by atoms with E-state index in [9.17, 15) is 9.59 Å². The second-order valence-corrected chi connectivity index (χ2v) is 8.13. The fourth-order valence-electron chi connectivity index (χ4n) is 4.07. The number of fused-ring (bicyclic) bond motifs is 1. The van der Waals surface area contributed by atoms with Crippen LogP contribution in [0.5, 0.6) is 5.75 Å². The predicted octanol–water partition coefficient (Wildman–Crippen LogP) is 4.23. The monoisotopic (exact) mass is 450 g/mol. The van der Waals surface area contributed by atoms with Crippen LogP contribution in [-0.4, -0.2) is 43.7 Å². The molecule has 1 N–H and O–H groups in total. The molecule has 0 spiro atoms. The number of carbonyl (C=O) groups excluding carboxylic acids is 1. The number of aryl methyl sites for hydroxylation is 1. The molecule has 0 atom stereocenters. The van der Waals surface area contributed by atoms with E-state index in [1.54, 1.807) is 6.07 Å². The van der Waals surface area contributed by atoms with Crippen LogP contribution in [0.15, 0.2) is 51.7 Å². The third-order valence-corrected chi connectivity index (χ3v) is 5.73. The van der Waals surface area contributed by atoms with E-state index in [0.717, 1.165) is 56.8 Å². The first-order chi connectivity index (χ1) is 16.1. The number of nitrogens with zero attached hydrogens (tertiary/aromatic N) is 1. The van der Waals surface area contributed by atoms with Gasteiger partial charge in [0.25, 0.3) is 5.91 Å². The van der Waals surface area contributed by atoms with Crippen molar-refractivity contribution in [1.29, 1.82) is 0 Å². The molecule has 1 aliphatic heterocycles. The summed E-state index contributed by atoms with van der Waals surface area (Å²) in [6.45, 7) is 8.70. The first-order valence-corrected chi connectivity index (χ1v) is 11.5. The summed E-state index contributed by atoms with van der Waals surface area (Å²) in [5.74, 6) is 0.224.